The molecule has 4 N–H and O–H groups in total. The molecule has 1 aromatic carbocycles. The molecule has 0 aromatic heterocycles. The van der Waals surface area contributed by atoms with E-state index in [-0.39, 0.29) is 5.84 Å². The molecule has 0 unspecified atom stereocenters. The molecule has 0 saturated carbocycles. The third-order valence-electron chi connectivity index (χ3n) is 2.73. The number of oxime groups is 1. The van der Waals surface area contributed by atoms with Gasteiger partial charge in [0.2, 0.25) is 5.75 Å². The Morgan fingerprint density at radius 1 is 1.20 bits per heavy atom. The molecule has 0 aliphatic rings. The van der Waals surface area contributed by atoms with Crippen LogP contribution >= 0.6 is 0 Å². The first-order chi connectivity index (χ1) is 9.65. The van der Waals surface area contributed by atoms with E-state index in [1.54, 1.807) is 21.3 Å². The van der Waals surface area contributed by atoms with Gasteiger partial charge >= 0.3 is 0 Å². The Kier molecular flexibility index (Phi) is 6.28. The molecule has 0 heterocycles. The Hall–Kier alpha value is -2.31. The molecule has 20 heavy (non-hydrogen) atoms. The fourth-order valence-electron chi connectivity index (χ4n) is 1.74. The molecule has 0 bridgehead atoms. The van der Waals surface area contributed by atoms with E-state index >= 15 is 0 Å². The summed E-state index contributed by atoms with van der Waals surface area (Å²) in [5.41, 5.74) is 6.24. The number of rotatable bonds is 8. The van der Waals surface area contributed by atoms with Crippen LogP contribution in [0.4, 0.5) is 5.69 Å². The van der Waals surface area contributed by atoms with Crippen molar-refractivity contribution in [3.8, 4) is 17.2 Å². The standard InChI is InChI=1S/C13H21N3O4/c1-18-10-7-9(8-11(19-2)13(10)20-3)15-6-4-5-12(14)16-17/h7-8,15,17H,4-6H2,1-3H3,(H2,14,16). The van der Waals surface area contributed by atoms with E-state index < -0.39 is 0 Å². The minimum absolute atomic E-state index is 0.219. The average molecular weight is 283 g/mol. The molecule has 1 aromatic rings. The maximum absolute atomic E-state index is 8.44. The zero-order valence-electron chi connectivity index (χ0n) is 12.0. The highest BCUT2D eigenvalue weighted by molar-refractivity contribution is 5.79. The van der Waals surface area contributed by atoms with Crippen molar-refractivity contribution in [2.45, 2.75) is 12.8 Å². The van der Waals surface area contributed by atoms with Gasteiger partial charge in [0.1, 0.15) is 5.84 Å². The number of ether oxygens (including phenoxy) is 3. The number of amidine groups is 1. The van der Waals surface area contributed by atoms with E-state index in [4.69, 9.17) is 25.2 Å². The SMILES string of the molecule is COc1cc(NCCCC(N)=NO)cc(OC)c1OC. The van der Waals surface area contributed by atoms with E-state index in [9.17, 15) is 0 Å². The van der Waals surface area contributed by atoms with Gasteiger partial charge in [-0.15, -0.1) is 0 Å². The summed E-state index contributed by atoms with van der Waals surface area (Å²) in [6.07, 6.45) is 1.26. The second-order valence-corrected chi connectivity index (χ2v) is 4.04. The number of nitrogens with two attached hydrogens (primary N) is 1. The third-order valence-corrected chi connectivity index (χ3v) is 2.73. The minimum atomic E-state index is 0.219. The number of hydrogen-bond donors (Lipinski definition) is 3. The monoisotopic (exact) mass is 283 g/mol. The van der Waals surface area contributed by atoms with Crippen molar-refractivity contribution in [3.05, 3.63) is 12.1 Å². The van der Waals surface area contributed by atoms with Crippen LogP contribution in [0.25, 0.3) is 0 Å². The lowest BCUT2D eigenvalue weighted by atomic mass is 10.2. The van der Waals surface area contributed by atoms with Crippen LogP contribution in [0.5, 0.6) is 17.2 Å². The van der Waals surface area contributed by atoms with Gasteiger partial charge in [-0.2, -0.15) is 0 Å². The second-order valence-electron chi connectivity index (χ2n) is 4.04. The molecule has 0 amide bonds. The maximum atomic E-state index is 8.44. The number of hydrogen-bond acceptors (Lipinski definition) is 6. The first-order valence-electron chi connectivity index (χ1n) is 6.16. The van der Waals surface area contributed by atoms with Gasteiger partial charge in [-0.05, 0) is 6.42 Å². The molecule has 0 aliphatic heterocycles. The third kappa shape index (κ3) is 4.11. The van der Waals surface area contributed by atoms with Crippen LogP contribution in [0.1, 0.15) is 12.8 Å². The van der Waals surface area contributed by atoms with Crippen LogP contribution in [0.3, 0.4) is 0 Å². The van der Waals surface area contributed by atoms with E-state index in [0.717, 1.165) is 12.1 Å². The fraction of sp³-hybridized carbons (Fsp3) is 0.462. The predicted molar refractivity (Wildman–Crippen MR) is 77.2 cm³/mol. The van der Waals surface area contributed by atoms with Crippen LogP contribution in [0.15, 0.2) is 17.3 Å². The van der Waals surface area contributed by atoms with E-state index in [1.807, 2.05) is 12.1 Å². The van der Waals surface area contributed by atoms with Crippen molar-refractivity contribution < 1.29 is 19.4 Å². The maximum Gasteiger partial charge on any atom is 0.203 e. The normalized spacial score (nSPS) is 11.1. The first-order valence-corrected chi connectivity index (χ1v) is 6.16. The predicted octanol–water partition coefficient (Wildman–Crippen LogP) is 1.65. The summed E-state index contributed by atoms with van der Waals surface area (Å²) in [4.78, 5) is 0. The molecular weight excluding hydrogens is 262 g/mol. The Morgan fingerprint density at radius 3 is 2.25 bits per heavy atom. The lowest BCUT2D eigenvalue weighted by Gasteiger charge is -2.15. The van der Waals surface area contributed by atoms with Crippen LogP contribution in [-0.4, -0.2) is 38.9 Å². The fourth-order valence-corrected chi connectivity index (χ4v) is 1.74. The van der Waals surface area contributed by atoms with Crippen molar-refractivity contribution in [1.29, 1.82) is 0 Å². The average Bonchev–Trinajstić information content (AvgIpc) is 2.49. The van der Waals surface area contributed by atoms with Crippen molar-refractivity contribution >= 4 is 11.5 Å². The molecule has 0 fully saturated rings. The quantitative estimate of drug-likeness (QED) is 0.221. The number of benzene rings is 1. The van der Waals surface area contributed by atoms with Gasteiger partial charge in [0, 0.05) is 30.8 Å². The highest BCUT2D eigenvalue weighted by Crippen LogP contribution is 2.39. The molecule has 7 nitrogen and oxygen atoms in total. The summed E-state index contributed by atoms with van der Waals surface area (Å²) >= 11 is 0. The first kappa shape index (κ1) is 15.7. The van der Waals surface area contributed by atoms with Gasteiger partial charge < -0.3 is 30.5 Å². The summed E-state index contributed by atoms with van der Waals surface area (Å²) in [6, 6.07) is 3.65. The summed E-state index contributed by atoms with van der Waals surface area (Å²) in [7, 11) is 4.70. The Labute approximate surface area is 118 Å². The number of nitrogens with zero attached hydrogens (tertiary/aromatic N) is 1. The highest BCUT2D eigenvalue weighted by atomic mass is 16.5. The molecule has 1 rings (SSSR count). The molecule has 0 atom stereocenters. The van der Waals surface area contributed by atoms with Gasteiger partial charge in [0.25, 0.3) is 0 Å². The largest absolute Gasteiger partial charge is 0.493 e. The smallest absolute Gasteiger partial charge is 0.203 e. The Bertz CT molecular complexity index is 438. The van der Waals surface area contributed by atoms with Crippen molar-refractivity contribution in [1.82, 2.24) is 0 Å². The molecule has 0 radical (unpaired) electrons. The van der Waals surface area contributed by atoms with Crippen LogP contribution in [0.2, 0.25) is 0 Å². The molecule has 112 valence electrons. The summed E-state index contributed by atoms with van der Waals surface area (Å²) < 4.78 is 15.8. The van der Waals surface area contributed by atoms with Gasteiger partial charge in [-0.3, -0.25) is 0 Å². The number of methoxy groups -OCH3 is 3. The van der Waals surface area contributed by atoms with Gasteiger partial charge in [0.15, 0.2) is 11.5 Å². The zero-order valence-corrected chi connectivity index (χ0v) is 12.0. The van der Waals surface area contributed by atoms with Gasteiger partial charge in [-0.25, -0.2) is 0 Å². The van der Waals surface area contributed by atoms with E-state index in [1.165, 1.54) is 0 Å². The highest BCUT2D eigenvalue weighted by Gasteiger charge is 2.12. The van der Waals surface area contributed by atoms with E-state index in [0.29, 0.717) is 30.2 Å². The van der Waals surface area contributed by atoms with Crippen molar-refractivity contribution in [2.24, 2.45) is 10.9 Å². The van der Waals surface area contributed by atoms with Crippen LogP contribution < -0.4 is 25.3 Å². The summed E-state index contributed by atoms with van der Waals surface area (Å²) in [5, 5.41) is 14.6. The van der Waals surface area contributed by atoms with Crippen molar-refractivity contribution in [2.75, 3.05) is 33.2 Å². The molecule has 0 aliphatic carbocycles. The number of anilines is 1. The van der Waals surface area contributed by atoms with Crippen LogP contribution in [-0.2, 0) is 0 Å². The molecule has 0 spiro atoms. The Balaban J connectivity index is 2.71. The Morgan fingerprint density at radius 2 is 1.80 bits per heavy atom. The summed E-state index contributed by atoms with van der Waals surface area (Å²) in [5.74, 6) is 1.95. The minimum Gasteiger partial charge on any atom is -0.493 e. The summed E-state index contributed by atoms with van der Waals surface area (Å²) in [6.45, 7) is 0.675. The topological polar surface area (TPSA) is 98.3 Å². The molecule has 0 saturated heterocycles. The lowest BCUT2D eigenvalue weighted by Crippen LogP contribution is -2.13. The van der Waals surface area contributed by atoms with Crippen molar-refractivity contribution in [3.63, 3.8) is 0 Å². The molecular formula is C13H21N3O4. The van der Waals surface area contributed by atoms with E-state index in [2.05, 4.69) is 10.5 Å². The number of nitrogens with one attached hydrogen (secondary N) is 1. The van der Waals surface area contributed by atoms with Gasteiger partial charge in [-0.1, -0.05) is 5.16 Å². The zero-order chi connectivity index (χ0) is 15.0. The van der Waals surface area contributed by atoms with Gasteiger partial charge in [0.05, 0.1) is 21.3 Å². The lowest BCUT2D eigenvalue weighted by molar-refractivity contribution is 0.316. The van der Waals surface area contributed by atoms with Crippen LogP contribution in [0, 0.1) is 0 Å². The molecule has 7 heteroatoms. The second kappa shape index (κ2) is 7.98.